The molecule has 1 aromatic rings. The highest BCUT2D eigenvalue weighted by Gasteiger charge is 2.30. The molecule has 2 nitrogen and oxygen atoms in total. The first-order valence-electron chi connectivity index (χ1n) is 6.18. The van der Waals surface area contributed by atoms with Gasteiger partial charge in [0.1, 0.15) is 5.75 Å². The molecule has 0 amide bonds. The Bertz CT molecular complexity index is 403. The van der Waals surface area contributed by atoms with Gasteiger partial charge in [0.15, 0.2) is 0 Å². The molecule has 1 aliphatic rings. The third-order valence-corrected chi connectivity index (χ3v) is 3.93. The van der Waals surface area contributed by atoms with Crippen LogP contribution in [0.5, 0.6) is 5.75 Å². The Morgan fingerprint density at radius 2 is 2.24 bits per heavy atom. The van der Waals surface area contributed by atoms with Crippen LogP contribution in [0.15, 0.2) is 18.2 Å². The van der Waals surface area contributed by atoms with Gasteiger partial charge in [-0.05, 0) is 30.7 Å². The van der Waals surface area contributed by atoms with Crippen molar-refractivity contribution in [3.63, 3.8) is 0 Å². The summed E-state index contributed by atoms with van der Waals surface area (Å²) in [6.07, 6.45) is 3.69. The Hall–Kier alpha value is -0.730. The first-order chi connectivity index (χ1) is 7.98. The number of benzene rings is 1. The first-order valence-corrected chi connectivity index (χ1v) is 6.55. The van der Waals surface area contributed by atoms with E-state index in [0.717, 1.165) is 5.56 Å². The van der Waals surface area contributed by atoms with Crippen LogP contribution < -0.4 is 5.32 Å². The minimum absolute atomic E-state index is 0.207. The molecule has 0 aromatic heterocycles. The van der Waals surface area contributed by atoms with Crippen molar-refractivity contribution in [3.05, 3.63) is 28.8 Å². The fraction of sp³-hybridized carbons (Fsp3) is 0.571. The predicted molar refractivity (Wildman–Crippen MR) is 71.4 cm³/mol. The fourth-order valence-electron chi connectivity index (χ4n) is 2.57. The van der Waals surface area contributed by atoms with Crippen LogP contribution in [0.25, 0.3) is 0 Å². The molecule has 1 fully saturated rings. The Morgan fingerprint density at radius 1 is 1.47 bits per heavy atom. The van der Waals surface area contributed by atoms with Crippen molar-refractivity contribution in [1.82, 2.24) is 5.32 Å². The van der Waals surface area contributed by atoms with E-state index in [2.05, 4.69) is 19.2 Å². The summed E-state index contributed by atoms with van der Waals surface area (Å²) in [6.45, 7) is 5.31. The summed E-state index contributed by atoms with van der Waals surface area (Å²) in [5, 5.41) is 13.7. The van der Waals surface area contributed by atoms with Crippen molar-refractivity contribution in [1.29, 1.82) is 0 Å². The lowest BCUT2D eigenvalue weighted by molar-refractivity contribution is 0.363. The summed E-state index contributed by atoms with van der Waals surface area (Å²) < 4.78 is 0. The Balaban J connectivity index is 1.93. The molecule has 17 heavy (non-hydrogen) atoms. The number of phenolic OH excluding ortho intramolecular Hbond substituents is 1. The molecular formula is C14H20ClNO. The van der Waals surface area contributed by atoms with Gasteiger partial charge in [0, 0.05) is 18.2 Å². The van der Waals surface area contributed by atoms with Crippen molar-refractivity contribution in [2.24, 2.45) is 5.41 Å². The minimum atomic E-state index is 0.207. The van der Waals surface area contributed by atoms with E-state index in [1.165, 1.54) is 19.3 Å². The number of rotatable bonds is 3. The molecule has 0 aliphatic heterocycles. The summed E-state index contributed by atoms with van der Waals surface area (Å²) in [5.41, 5.74) is 1.33. The lowest BCUT2D eigenvalue weighted by Crippen LogP contribution is -2.26. The number of para-hydroxylation sites is 1. The van der Waals surface area contributed by atoms with Crippen LogP contribution in [0.3, 0.4) is 0 Å². The quantitative estimate of drug-likeness (QED) is 0.861. The smallest absolute Gasteiger partial charge is 0.138 e. The summed E-state index contributed by atoms with van der Waals surface area (Å²) in [7, 11) is 0. The van der Waals surface area contributed by atoms with E-state index in [-0.39, 0.29) is 5.75 Å². The average Bonchev–Trinajstić information content (AvgIpc) is 2.61. The number of aromatic hydroxyl groups is 1. The molecule has 0 radical (unpaired) electrons. The monoisotopic (exact) mass is 253 g/mol. The van der Waals surface area contributed by atoms with Gasteiger partial charge in [-0.1, -0.05) is 37.6 Å². The Labute approximate surface area is 108 Å². The zero-order valence-electron chi connectivity index (χ0n) is 10.5. The van der Waals surface area contributed by atoms with E-state index >= 15 is 0 Å². The SMILES string of the molecule is CC1(C)CCC(NCc2cccc(Cl)c2O)C1. The second-order valence-corrected chi connectivity index (χ2v) is 6.14. The van der Waals surface area contributed by atoms with Gasteiger partial charge in [-0.25, -0.2) is 0 Å². The van der Waals surface area contributed by atoms with Crippen LogP contribution in [0, 0.1) is 5.41 Å². The summed E-state index contributed by atoms with van der Waals surface area (Å²) >= 11 is 5.88. The van der Waals surface area contributed by atoms with Crippen molar-refractivity contribution in [3.8, 4) is 5.75 Å². The van der Waals surface area contributed by atoms with Gasteiger partial charge in [0.25, 0.3) is 0 Å². The van der Waals surface area contributed by atoms with Crippen LogP contribution in [0.4, 0.5) is 0 Å². The lowest BCUT2D eigenvalue weighted by Gasteiger charge is -2.18. The highest BCUT2D eigenvalue weighted by atomic mass is 35.5. The molecule has 94 valence electrons. The Kier molecular flexibility index (Phi) is 3.64. The zero-order valence-corrected chi connectivity index (χ0v) is 11.2. The van der Waals surface area contributed by atoms with Crippen LogP contribution >= 0.6 is 11.6 Å². The second kappa shape index (κ2) is 4.87. The number of hydrogen-bond donors (Lipinski definition) is 2. The van der Waals surface area contributed by atoms with E-state index in [0.29, 0.717) is 23.0 Å². The van der Waals surface area contributed by atoms with E-state index in [9.17, 15) is 5.11 Å². The zero-order chi connectivity index (χ0) is 12.5. The fourth-order valence-corrected chi connectivity index (χ4v) is 2.76. The molecule has 3 heteroatoms. The molecule has 0 spiro atoms. The molecule has 1 aliphatic carbocycles. The van der Waals surface area contributed by atoms with Gasteiger partial charge in [-0.2, -0.15) is 0 Å². The third kappa shape index (κ3) is 3.14. The largest absolute Gasteiger partial charge is 0.506 e. The van der Waals surface area contributed by atoms with Gasteiger partial charge in [-0.15, -0.1) is 0 Å². The molecule has 1 atom stereocenters. The van der Waals surface area contributed by atoms with Crippen LogP contribution in [-0.4, -0.2) is 11.1 Å². The van der Waals surface area contributed by atoms with Crippen molar-refractivity contribution < 1.29 is 5.11 Å². The maximum absolute atomic E-state index is 9.80. The van der Waals surface area contributed by atoms with Gasteiger partial charge >= 0.3 is 0 Å². The van der Waals surface area contributed by atoms with Gasteiger partial charge in [-0.3, -0.25) is 0 Å². The second-order valence-electron chi connectivity index (χ2n) is 5.73. The van der Waals surface area contributed by atoms with Gasteiger partial charge in [0.2, 0.25) is 0 Å². The summed E-state index contributed by atoms with van der Waals surface area (Å²) in [6, 6.07) is 6.05. The van der Waals surface area contributed by atoms with Crippen LogP contribution in [-0.2, 0) is 6.54 Å². The van der Waals surface area contributed by atoms with Crippen LogP contribution in [0.2, 0.25) is 5.02 Å². The lowest BCUT2D eigenvalue weighted by atomic mass is 9.92. The van der Waals surface area contributed by atoms with E-state index in [4.69, 9.17) is 11.6 Å². The molecule has 2 N–H and O–H groups in total. The number of phenols is 1. The maximum atomic E-state index is 9.80. The minimum Gasteiger partial charge on any atom is -0.506 e. The molecule has 0 bridgehead atoms. The van der Waals surface area contributed by atoms with E-state index in [1.807, 2.05) is 12.1 Å². The average molecular weight is 254 g/mol. The summed E-state index contributed by atoms with van der Waals surface area (Å²) in [5.74, 6) is 0.207. The molecule has 1 unspecified atom stereocenters. The molecular weight excluding hydrogens is 234 g/mol. The molecule has 2 rings (SSSR count). The topological polar surface area (TPSA) is 32.3 Å². The van der Waals surface area contributed by atoms with Crippen molar-refractivity contribution in [2.75, 3.05) is 0 Å². The standard InChI is InChI=1S/C14H20ClNO/c1-14(2)7-6-11(8-14)16-9-10-4-3-5-12(15)13(10)17/h3-5,11,16-17H,6-9H2,1-2H3. The number of nitrogens with one attached hydrogen (secondary N) is 1. The van der Waals surface area contributed by atoms with Gasteiger partial charge in [0.05, 0.1) is 5.02 Å². The van der Waals surface area contributed by atoms with Gasteiger partial charge < -0.3 is 10.4 Å². The van der Waals surface area contributed by atoms with E-state index < -0.39 is 0 Å². The van der Waals surface area contributed by atoms with Crippen molar-refractivity contribution >= 4 is 11.6 Å². The highest BCUT2D eigenvalue weighted by molar-refractivity contribution is 6.32. The highest BCUT2D eigenvalue weighted by Crippen LogP contribution is 2.37. The first kappa shape index (κ1) is 12.7. The number of hydrogen-bond acceptors (Lipinski definition) is 2. The van der Waals surface area contributed by atoms with Crippen LogP contribution in [0.1, 0.15) is 38.7 Å². The third-order valence-electron chi connectivity index (χ3n) is 3.62. The molecule has 0 heterocycles. The maximum Gasteiger partial charge on any atom is 0.138 e. The van der Waals surface area contributed by atoms with Crippen molar-refractivity contribution in [2.45, 2.75) is 45.7 Å². The normalized spacial score (nSPS) is 22.9. The summed E-state index contributed by atoms with van der Waals surface area (Å²) in [4.78, 5) is 0. The predicted octanol–water partition coefficient (Wildman–Crippen LogP) is 3.71. The Morgan fingerprint density at radius 3 is 2.88 bits per heavy atom. The van der Waals surface area contributed by atoms with E-state index in [1.54, 1.807) is 6.07 Å². The molecule has 1 saturated carbocycles. The molecule has 0 saturated heterocycles. The molecule has 1 aromatic carbocycles. The number of halogens is 1.